The zero-order valence-electron chi connectivity index (χ0n) is 19.2. The lowest BCUT2D eigenvalue weighted by Crippen LogP contribution is -2.11. The largest absolute Gasteiger partial charge is 0.488 e. The standard InChI is InChI=1S/C27H20F6O4/c28-26(29,30)19-5-1-3-16(11-19)4-2-10-36-24(34)13-17-6-9-23-22(12-17)25(35)21-8-7-20(27(31,32)33)14-18(21)15-37-23/h1,3,5-9,11-12,14H,2,4,10,13,15H2. The maximum absolute atomic E-state index is 13.0. The van der Waals surface area contributed by atoms with Crippen LogP contribution in [-0.4, -0.2) is 18.4 Å². The minimum absolute atomic E-state index is 0.00300. The fourth-order valence-corrected chi connectivity index (χ4v) is 3.99. The molecule has 0 unspecified atom stereocenters. The highest BCUT2D eigenvalue weighted by Gasteiger charge is 2.33. The maximum atomic E-state index is 13.0. The molecular weight excluding hydrogens is 502 g/mol. The number of alkyl halides is 6. The van der Waals surface area contributed by atoms with Gasteiger partial charge in [-0.2, -0.15) is 26.3 Å². The number of aryl methyl sites for hydroxylation is 1. The predicted octanol–water partition coefficient (Wildman–Crippen LogP) is 6.57. The summed E-state index contributed by atoms with van der Waals surface area (Å²) in [4.78, 5) is 25.3. The number of carbonyl (C=O) groups excluding carboxylic acids is 2. The van der Waals surface area contributed by atoms with Crippen molar-refractivity contribution < 1.29 is 45.4 Å². The molecule has 3 aromatic rings. The molecule has 0 radical (unpaired) electrons. The normalized spacial score (nSPS) is 13.3. The van der Waals surface area contributed by atoms with E-state index in [1.807, 2.05) is 0 Å². The van der Waals surface area contributed by atoms with E-state index >= 15 is 0 Å². The third-order valence-electron chi connectivity index (χ3n) is 5.82. The summed E-state index contributed by atoms with van der Waals surface area (Å²) in [5.41, 5.74) is -0.406. The van der Waals surface area contributed by atoms with Crippen molar-refractivity contribution in [2.45, 2.75) is 38.2 Å². The second-order valence-electron chi connectivity index (χ2n) is 8.52. The Bertz CT molecular complexity index is 1330. The lowest BCUT2D eigenvalue weighted by molar-refractivity contribution is -0.143. The molecule has 4 rings (SSSR count). The van der Waals surface area contributed by atoms with Crippen LogP contribution in [0.15, 0.2) is 60.7 Å². The Kier molecular flexibility index (Phi) is 7.29. The van der Waals surface area contributed by atoms with Crippen LogP contribution in [0.1, 0.15) is 50.2 Å². The topological polar surface area (TPSA) is 52.6 Å². The molecule has 194 valence electrons. The Hall–Kier alpha value is -3.82. The second-order valence-corrected chi connectivity index (χ2v) is 8.52. The minimum atomic E-state index is -4.56. The Morgan fingerprint density at radius 2 is 1.57 bits per heavy atom. The second kappa shape index (κ2) is 10.3. The number of ether oxygens (including phenoxy) is 2. The van der Waals surface area contributed by atoms with E-state index in [0.29, 0.717) is 17.5 Å². The highest BCUT2D eigenvalue weighted by atomic mass is 19.4. The maximum Gasteiger partial charge on any atom is 0.416 e. The molecule has 0 fully saturated rings. The van der Waals surface area contributed by atoms with Gasteiger partial charge in [0.25, 0.3) is 0 Å². The number of benzene rings is 3. The summed E-state index contributed by atoms with van der Waals surface area (Å²) >= 11 is 0. The summed E-state index contributed by atoms with van der Waals surface area (Å²) in [5.74, 6) is -0.929. The van der Waals surface area contributed by atoms with Crippen LogP contribution >= 0.6 is 0 Å². The lowest BCUT2D eigenvalue weighted by Gasteiger charge is -2.10. The molecule has 3 aromatic carbocycles. The van der Waals surface area contributed by atoms with E-state index in [-0.39, 0.29) is 48.5 Å². The van der Waals surface area contributed by atoms with Crippen molar-refractivity contribution in [3.05, 3.63) is 99.6 Å². The van der Waals surface area contributed by atoms with E-state index in [1.54, 1.807) is 12.1 Å². The highest BCUT2D eigenvalue weighted by Crippen LogP contribution is 2.34. The van der Waals surface area contributed by atoms with Gasteiger partial charge < -0.3 is 9.47 Å². The molecule has 4 nitrogen and oxygen atoms in total. The Morgan fingerprint density at radius 3 is 2.30 bits per heavy atom. The van der Waals surface area contributed by atoms with E-state index in [9.17, 15) is 35.9 Å². The molecule has 1 aliphatic rings. The van der Waals surface area contributed by atoms with Crippen LogP contribution in [0.2, 0.25) is 0 Å². The fourth-order valence-electron chi connectivity index (χ4n) is 3.99. The fraction of sp³-hybridized carbons (Fsp3) is 0.259. The van der Waals surface area contributed by atoms with Crippen molar-refractivity contribution in [3.8, 4) is 5.75 Å². The molecule has 1 heterocycles. The molecule has 0 N–H and O–H groups in total. The number of ketones is 1. The number of hydrogen-bond acceptors (Lipinski definition) is 4. The molecule has 0 amide bonds. The summed E-state index contributed by atoms with van der Waals surface area (Å²) in [5, 5.41) is 0. The first-order chi connectivity index (χ1) is 17.4. The molecule has 0 aromatic heterocycles. The van der Waals surface area contributed by atoms with Crippen LogP contribution < -0.4 is 4.74 Å². The van der Waals surface area contributed by atoms with Gasteiger partial charge in [0.15, 0.2) is 5.78 Å². The molecule has 10 heteroatoms. The van der Waals surface area contributed by atoms with E-state index in [4.69, 9.17) is 9.47 Å². The molecule has 0 bridgehead atoms. The minimum Gasteiger partial charge on any atom is -0.488 e. The number of rotatable bonds is 6. The van der Waals surface area contributed by atoms with Gasteiger partial charge in [-0.05, 0) is 54.3 Å². The van der Waals surface area contributed by atoms with Gasteiger partial charge in [0, 0.05) is 11.1 Å². The average molecular weight is 522 g/mol. The van der Waals surface area contributed by atoms with E-state index in [0.717, 1.165) is 30.3 Å². The van der Waals surface area contributed by atoms with Gasteiger partial charge in [-0.25, -0.2) is 0 Å². The highest BCUT2D eigenvalue weighted by molar-refractivity contribution is 6.12. The molecule has 1 aliphatic heterocycles. The SMILES string of the molecule is O=C(Cc1ccc2c(c1)C(=O)c1ccc(C(F)(F)F)cc1CO2)OCCCc1cccc(C(F)(F)F)c1. The third-order valence-corrected chi connectivity index (χ3v) is 5.82. The van der Waals surface area contributed by atoms with Gasteiger partial charge in [0.2, 0.25) is 0 Å². The van der Waals surface area contributed by atoms with E-state index in [1.165, 1.54) is 18.2 Å². The first-order valence-corrected chi connectivity index (χ1v) is 11.2. The number of esters is 1. The van der Waals surface area contributed by atoms with Gasteiger partial charge >= 0.3 is 18.3 Å². The lowest BCUT2D eigenvalue weighted by atomic mass is 9.96. The van der Waals surface area contributed by atoms with Crippen LogP contribution in [0.5, 0.6) is 5.75 Å². The van der Waals surface area contributed by atoms with Crippen LogP contribution in [0, 0.1) is 0 Å². The van der Waals surface area contributed by atoms with Crippen LogP contribution in [0.3, 0.4) is 0 Å². The first-order valence-electron chi connectivity index (χ1n) is 11.2. The van der Waals surface area contributed by atoms with E-state index in [2.05, 4.69) is 0 Å². The number of halogens is 6. The van der Waals surface area contributed by atoms with Crippen molar-refractivity contribution in [1.82, 2.24) is 0 Å². The Balaban J connectivity index is 1.36. The molecular formula is C27H20F6O4. The molecule has 0 aliphatic carbocycles. The molecule has 0 spiro atoms. The monoisotopic (exact) mass is 522 g/mol. The van der Waals surface area contributed by atoms with Crippen molar-refractivity contribution in [2.75, 3.05) is 6.61 Å². The molecule has 0 atom stereocenters. The van der Waals surface area contributed by atoms with Crippen LogP contribution in [0.25, 0.3) is 0 Å². The Labute approximate surface area is 207 Å². The van der Waals surface area contributed by atoms with Crippen LogP contribution in [0.4, 0.5) is 26.3 Å². The molecule has 0 saturated heterocycles. The smallest absolute Gasteiger partial charge is 0.416 e. The van der Waals surface area contributed by atoms with Gasteiger partial charge in [-0.3, -0.25) is 9.59 Å². The van der Waals surface area contributed by atoms with Gasteiger partial charge in [-0.15, -0.1) is 0 Å². The zero-order valence-corrected chi connectivity index (χ0v) is 19.2. The van der Waals surface area contributed by atoms with Gasteiger partial charge in [0.05, 0.1) is 29.7 Å². The number of carbonyl (C=O) groups is 2. The summed E-state index contributed by atoms with van der Waals surface area (Å²) in [6, 6.07) is 12.2. The van der Waals surface area contributed by atoms with Crippen molar-refractivity contribution in [2.24, 2.45) is 0 Å². The summed E-state index contributed by atoms with van der Waals surface area (Å²) in [6.07, 6.45) is -8.56. The zero-order chi connectivity index (χ0) is 26.8. The van der Waals surface area contributed by atoms with Crippen molar-refractivity contribution >= 4 is 11.8 Å². The predicted molar refractivity (Wildman–Crippen MR) is 120 cm³/mol. The van der Waals surface area contributed by atoms with E-state index < -0.39 is 35.2 Å². The third kappa shape index (κ3) is 6.31. The number of hydrogen-bond donors (Lipinski definition) is 0. The van der Waals surface area contributed by atoms with Gasteiger partial charge in [-0.1, -0.05) is 30.3 Å². The Morgan fingerprint density at radius 1 is 0.838 bits per heavy atom. The van der Waals surface area contributed by atoms with Crippen molar-refractivity contribution in [3.63, 3.8) is 0 Å². The average Bonchev–Trinajstić information content (AvgIpc) is 2.97. The van der Waals surface area contributed by atoms with Gasteiger partial charge in [0.1, 0.15) is 12.4 Å². The van der Waals surface area contributed by atoms with Crippen molar-refractivity contribution in [1.29, 1.82) is 0 Å². The molecule has 0 saturated carbocycles. The summed E-state index contributed by atoms with van der Waals surface area (Å²) in [6.45, 7) is -0.220. The summed E-state index contributed by atoms with van der Waals surface area (Å²) < 4.78 is 88.3. The number of fused-ring (bicyclic) bond motifs is 2. The quantitative estimate of drug-likeness (QED) is 0.209. The summed E-state index contributed by atoms with van der Waals surface area (Å²) in [7, 11) is 0. The molecule has 37 heavy (non-hydrogen) atoms. The van der Waals surface area contributed by atoms with Crippen LogP contribution in [-0.2, 0) is 41.3 Å². The first kappa shape index (κ1) is 26.2.